The summed E-state index contributed by atoms with van der Waals surface area (Å²) in [6, 6.07) is 6.12. The summed E-state index contributed by atoms with van der Waals surface area (Å²) in [5.41, 5.74) is 6.95. The Morgan fingerprint density at radius 3 is 2.83 bits per heavy atom. The Balaban J connectivity index is 1.84. The van der Waals surface area contributed by atoms with Gasteiger partial charge >= 0.3 is 0 Å². The lowest BCUT2D eigenvalue weighted by molar-refractivity contribution is 0.174. The fourth-order valence-electron chi connectivity index (χ4n) is 2.09. The molecule has 0 unspecified atom stereocenters. The molecule has 0 radical (unpaired) electrons. The van der Waals surface area contributed by atoms with Crippen LogP contribution in [0.1, 0.15) is 25.8 Å². The molecule has 0 atom stereocenters. The summed E-state index contributed by atoms with van der Waals surface area (Å²) < 4.78 is 10.7. The second-order valence-electron chi connectivity index (χ2n) is 5.29. The van der Waals surface area contributed by atoms with Gasteiger partial charge in [0.05, 0.1) is 0 Å². The van der Waals surface area contributed by atoms with Gasteiger partial charge in [0.1, 0.15) is 0 Å². The van der Waals surface area contributed by atoms with E-state index in [1.54, 1.807) is 0 Å². The zero-order valence-corrected chi connectivity index (χ0v) is 11.2. The van der Waals surface area contributed by atoms with Gasteiger partial charge in [0.2, 0.25) is 6.79 Å². The number of hydrogen-bond acceptors (Lipinski definition) is 4. The molecule has 100 valence electrons. The van der Waals surface area contributed by atoms with Gasteiger partial charge in [-0.3, -0.25) is 0 Å². The van der Waals surface area contributed by atoms with Gasteiger partial charge < -0.3 is 20.5 Å². The number of nitrogens with one attached hydrogen (secondary N) is 1. The summed E-state index contributed by atoms with van der Waals surface area (Å²) in [4.78, 5) is 0. The van der Waals surface area contributed by atoms with E-state index in [9.17, 15) is 0 Å². The minimum Gasteiger partial charge on any atom is -0.454 e. The smallest absolute Gasteiger partial charge is 0.231 e. The first-order valence-corrected chi connectivity index (χ1v) is 6.44. The van der Waals surface area contributed by atoms with Crippen LogP contribution in [-0.2, 0) is 6.42 Å². The van der Waals surface area contributed by atoms with Crippen molar-refractivity contribution in [1.82, 2.24) is 5.32 Å². The van der Waals surface area contributed by atoms with Gasteiger partial charge in [-0.25, -0.2) is 0 Å². The standard InChI is InChI=1S/C14H22N2O2/c1-14(2,6-7-15)16-8-5-11-3-4-12-13(9-11)18-10-17-12/h3-4,9,16H,5-8,10,15H2,1-2H3. The maximum absolute atomic E-state index is 5.59. The van der Waals surface area contributed by atoms with Gasteiger partial charge in [-0.1, -0.05) is 6.07 Å². The number of fused-ring (bicyclic) bond motifs is 1. The highest BCUT2D eigenvalue weighted by atomic mass is 16.7. The molecule has 3 N–H and O–H groups in total. The number of hydrogen-bond donors (Lipinski definition) is 2. The Hall–Kier alpha value is -1.26. The summed E-state index contributed by atoms with van der Waals surface area (Å²) in [6.45, 7) is 6.34. The molecule has 0 spiro atoms. The SMILES string of the molecule is CC(C)(CCN)NCCc1ccc2c(c1)OCO2. The maximum atomic E-state index is 5.59. The Bertz CT molecular complexity index is 405. The molecular weight excluding hydrogens is 228 g/mol. The molecule has 0 saturated carbocycles. The lowest BCUT2D eigenvalue weighted by atomic mass is 10.0. The first-order valence-electron chi connectivity index (χ1n) is 6.44. The number of nitrogens with two attached hydrogens (primary N) is 1. The minimum atomic E-state index is 0.102. The van der Waals surface area contributed by atoms with Crippen LogP contribution in [0.3, 0.4) is 0 Å². The van der Waals surface area contributed by atoms with E-state index in [4.69, 9.17) is 15.2 Å². The van der Waals surface area contributed by atoms with Crippen LogP contribution >= 0.6 is 0 Å². The molecule has 18 heavy (non-hydrogen) atoms. The Kier molecular flexibility index (Phi) is 4.09. The molecule has 0 fully saturated rings. The molecule has 0 bridgehead atoms. The Morgan fingerprint density at radius 2 is 2.06 bits per heavy atom. The lowest BCUT2D eigenvalue weighted by Gasteiger charge is -2.25. The average molecular weight is 250 g/mol. The molecule has 4 nitrogen and oxygen atoms in total. The third kappa shape index (κ3) is 3.37. The Morgan fingerprint density at radius 1 is 1.28 bits per heavy atom. The molecule has 0 saturated heterocycles. The first kappa shape index (κ1) is 13.2. The molecule has 1 heterocycles. The van der Waals surface area contributed by atoms with Crippen molar-refractivity contribution >= 4 is 0 Å². The van der Waals surface area contributed by atoms with Gasteiger partial charge in [-0.2, -0.15) is 0 Å². The van der Waals surface area contributed by atoms with Gasteiger partial charge in [0.15, 0.2) is 11.5 Å². The van der Waals surface area contributed by atoms with Crippen LogP contribution in [0.4, 0.5) is 0 Å². The van der Waals surface area contributed by atoms with Gasteiger partial charge in [0, 0.05) is 5.54 Å². The second kappa shape index (κ2) is 5.59. The van der Waals surface area contributed by atoms with E-state index in [-0.39, 0.29) is 5.54 Å². The summed E-state index contributed by atoms with van der Waals surface area (Å²) in [5, 5.41) is 3.52. The van der Waals surface area contributed by atoms with E-state index in [1.807, 2.05) is 6.07 Å². The van der Waals surface area contributed by atoms with Gasteiger partial charge in [-0.05, 0) is 57.5 Å². The summed E-state index contributed by atoms with van der Waals surface area (Å²) in [7, 11) is 0. The van der Waals surface area contributed by atoms with E-state index < -0.39 is 0 Å². The molecule has 1 aliphatic rings. The summed E-state index contributed by atoms with van der Waals surface area (Å²) in [6.07, 6.45) is 1.96. The molecule has 0 amide bonds. The van der Waals surface area contributed by atoms with Crippen LogP contribution in [0.15, 0.2) is 18.2 Å². The van der Waals surface area contributed by atoms with Crippen molar-refractivity contribution in [3.63, 3.8) is 0 Å². The maximum Gasteiger partial charge on any atom is 0.231 e. The minimum absolute atomic E-state index is 0.102. The van der Waals surface area contributed by atoms with E-state index in [0.29, 0.717) is 13.3 Å². The number of ether oxygens (including phenoxy) is 2. The fourth-order valence-corrected chi connectivity index (χ4v) is 2.09. The van der Waals surface area contributed by atoms with Crippen LogP contribution in [0.25, 0.3) is 0 Å². The van der Waals surface area contributed by atoms with Crippen molar-refractivity contribution in [2.75, 3.05) is 19.9 Å². The lowest BCUT2D eigenvalue weighted by Crippen LogP contribution is -2.41. The van der Waals surface area contributed by atoms with E-state index in [0.717, 1.165) is 30.9 Å². The van der Waals surface area contributed by atoms with Gasteiger partial charge in [-0.15, -0.1) is 0 Å². The largest absolute Gasteiger partial charge is 0.454 e. The molecule has 1 aromatic rings. The second-order valence-corrected chi connectivity index (χ2v) is 5.29. The molecular formula is C14H22N2O2. The highest BCUT2D eigenvalue weighted by Crippen LogP contribution is 2.32. The highest BCUT2D eigenvalue weighted by molar-refractivity contribution is 5.44. The van der Waals surface area contributed by atoms with Crippen LogP contribution in [-0.4, -0.2) is 25.4 Å². The third-order valence-corrected chi connectivity index (χ3v) is 3.22. The average Bonchev–Trinajstić information content (AvgIpc) is 2.75. The molecule has 2 rings (SSSR count). The van der Waals surface area contributed by atoms with Crippen LogP contribution in [0.2, 0.25) is 0 Å². The van der Waals surface area contributed by atoms with Crippen molar-refractivity contribution in [2.24, 2.45) is 5.73 Å². The van der Waals surface area contributed by atoms with Crippen molar-refractivity contribution in [2.45, 2.75) is 32.2 Å². The van der Waals surface area contributed by atoms with Crippen molar-refractivity contribution in [1.29, 1.82) is 0 Å². The predicted octanol–water partition coefficient (Wildman–Crippen LogP) is 1.67. The first-order chi connectivity index (χ1) is 8.61. The van der Waals surface area contributed by atoms with Crippen molar-refractivity contribution in [3.05, 3.63) is 23.8 Å². The summed E-state index contributed by atoms with van der Waals surface area (Å²) >= 11 is 0. The van der Waals surface area contributed by atoms with Crippen LogP contribution < -0.4 is 20.5 Å². The quantitative estimate of drug-likeness (QED) is 0.806. The molecule has 4 heteroatoms. The van der Waals surface area contributed by atoms with Crippen LogP contribution in [0, 0.1) is 0 Å². The molecule has 0 aliphatic carbocycles. The zero-order chi connectivity index (χ0) is 13.0. The zero-order valence-electron chi connectivity index (χ0n) is 11.2. The molecule has 1 aliphatic heterocycles. The summed E-state index contributed by atoms with van der Waals surface area (Å²) in [5.74, 6) is 1.70. The predicted molar refractivity (Wildman–Crippen MR) is 72.0 cm³/mol. The van der Waals surface area contributed by atoms with E-state index >= 15 is 0 Å². The number of rotatable bonds is 6. The molecule has 0 aromatic heterocycles. The number of benzene rings is 1. The van der Waals surface area contributed by atoms with Gasteiger partial charge in [0.25, 0.3) is 0 Å². The normalized spacial score (nSPS) is 13.9. The monoisotopic (exact) mass is 250 g/mol. The topological polar surface area (TPSA) is 56.5 Å². The molecule has 1 aromatic carbocycles. The fraction of sp³-hybridized carbons (Fsp3) is 0.571. The third-order valence-electron chi connectivity index (χ3n) is 3.22. The van der Waals surface area contributed by atoms with Crippen molar-refractivity contribution in [3.8, 4) is 11.5 Å². The van der Waals surface area contributed by atoms with Crippen LogP contribution in [0.5, 0.6) is 11.5 Å². The van der Waals surface area contributed by atoms with E-state index in [2.05, 4.69) is 31.3 Å². The van der Waals surface area contributed by atoms with Crippen molar-refractivity contribution < 1.29 is 9.47 Å². The Labute approximate surface area is 108 Å². The highest BCUT2D eigenvalue weighted by Gasteiger charge is 2.16. The van der Waals surface area contributed by atoms with E-state index in [1.165, 1.54) is 5.56 Å².